The molecule has 3 aromatic rings. The van der Waals surface area contributed by atoms with Crippen LogP contribution >= 0.6 is 23.4 Å². The largest absolute Gasteiger partial charge is 0.309 e. The monoisotopic (exact) mass is 361 g/mol. The van der Waals surface area contributed by atoms with Crippen LogP contribution in [0.2, 0.25) is 5.02 Å². The summed E-state index contributed by atoms with van der Waals surface area (Å²) in [5.41, 5.74) is 1.77. The van der Waals surface area contributed by atoms with Crippen molar-refractivity contribution < 1.29 is 4.39 Å². The van der Waals surface area contributed by atoms with Crippen LogP contribution in [0.1, 0.15) is 17.0 Å². The van der Waals surface area contributed by atoms with Gasteiger partial charge in [-0.25, -0.2) is 4.39 Å². The predicted molar refractivity (Wildman–Crippen MR) is 95.8 cm³/mol. The second-order valence-corrected chi connectivity index (χ2v) is 6.78. The first kappa shape index (κ1) is 17.0. The van der Waals surface area contributed by atoms with Crippen LogP contribution in [0.25, 0.3) is 0 Å². The molecule has 0 N–H and O–H groups in total. The molecule has 0 aliphatic heterocycles. The summed E-state index contributed by atoms with van der Waals surface area (Å²) in [5, 5.41) is 9.67. The Bertz CT molecular complexity index is 800. The van der Waals surface area contributed by atoms with Gasteiger partial charge in [-0.05, 0) is 24.1 Å². The van der Waals surface area contributed by atoms with E-state index in [2.05, 4.69) is 22.3 Å². The molecule has 6 heteroatoms. The van der Waals surface area contributed by atoms with Crippen molar-refractivity contribution in [1.82, 2.24) is 14.8 Å². The first-order valence-corrected chi connectivity index (χ1v) is 8.99. The number of aryl methyl sites for hydroxylation is 2. The maximum absolute atomic E-state index is 13.8. The molecule has 0 radical (unpaired) electrons. The number of benzene rings is 2. The van der Waals surface area contributed by atoms with Crippen molar-refractivity contribution in [3.63, 3.8) is 0 Å². The van der Waals surface area contributed by atoms with Gasteiger partial charge in [0, 0.05) is 29.8 Å². The molecular weight excluding hydrogens is 345 g/mol. The molecule has 24 heavy (non-hydrogen) atoms. The first-order valence-electron chi connectivity index (χ1n) is 7.63. The van der Waals surface area contributed by atoms with Gasteiger partial charge in [0.05, 0.1) is 0 Å². The average Bonchev–Trinajstić information content (AvgIpc) is 2.94. The van der Waals surface area contributed by atoms with E-state index in [0.29, 0.717) is 16.3 Å². The zero-order valence-corrected chi connectivity index (χ0v) is 14.8. The molecule has 0 fully saturated rings. The fourth-order valence-corrected chi connectivity index (χ4v) is 3.67. The number of halogens is 2. The van der Waals surface area contributed by atoms with E-state index in [4.69, 9.17) is 11.6 Å². The molecule has 0 aliphatic carbocycles. The van der Waals surface area contributed by atoms with Crippen molar-refractivity contribution in [3.05, 3.63) is 76.3 Å². The summed E-state index contributed by atoms with van der Waals surface area (Å²) in [6.45, 7) is 0. The Morgan fingerprint density at radius 2 is 1.83 bits per heavy atom. The molecule has 0 bridgehead atoms. The summed E-state index contributed by atoms with van der Waals surface area (Å²) in [7, 11) is 1.94. The number of rotatable bonds is 6. The Labute approximate surface area is 149 Å². The lowest BCUT2D eigenvalue weighted by Gasteiger charge is -2.06. The normalized spacial score (nSPS) is 11.0. The molecule has 2 aromatic carbocycles. The van der Waals surface area contributed by atoms with Gasteiger partial charge >= 0.3 is 0 Å². The van der Waals surface area contributed by atoms with Gasteiger partial charge in [-0.1, -0.05) is 59.8 Å². The lowest BCUT2D eigenvalue weighted by atomic mass is 10.1. The maximum Gasteiger partial charge on any atom is 0.191 e. The Morgan fingerprint density at radius 1 is 1.04 bits per heavy atom. The van der Waals surface area contributed by atoms with E-state index in [0.717, 1.165) is 23.8 Å². The quantitative estimate of drug-likeness (QED) is 0.597. The Balaban J connectivity index is 1.64. The summed E-state index contributed by atoms with van der Waals surface area (Å²) in [5.74, 6) is 1.05. The van der Waals surface area contributed by atoms with E-state index in [1.54, 1.807) is 12.1 Å². The van der Waals surface area contributed by atoms with Crippen molar-refractivity contribution in [2.24, 2.45) is 7.05 Å². The molecule has 0 aliphatic rings. The highest BCUT2D eigenvalue weighted by atomic mass is 35.5. The molecule has 0 unspecified atom stereocenters. The van der Waals surface area contributed by atoms with Gasteiger partial charge in [0.2, 0.25) is 0 Å². The van der Waals surface area contributed by atoms with Crippen molar-refractivity contribution in [2.45, 2.75) is 23.8 Å². The molecule has 3 rings (SSSR count). The van der Waals surface area contributed by atoms with E-state index in [1.807, 2.05) is 29.8 Å². The molecule has 0 amide bonds. The molecular formula is C18H17ClFN3S. The van der Waals surface area contributed by atoms with Gasteiger partial charge in [-0.2, -0.15) is 0 Å². The maximum atomic E-state index is 13.8. The third kappa shape index (κ3) is 3.97. The summed E-state index contributed by atoms with van der Waals surface area (Å²) in [6.07, 6.45) is 1.73. The fraction of sp³-hybridized carbons (Fsp3) is 0.222. The number of thioether (sulfide) groups is 1. The SMILES string of the molecule is Cn1c(CCc2ccccc2)nnc1SCc1c(F)cccc1Cl. The number of hydrogen-bond acceptors (Lipinski definition) is 3. The van der Waals surface area contributed by atoms with Gasteiger partial charge in [0.15, 0.2) is 5.16 Å². The molecule has 1 heterocycles. The molecule has 0 saturated carbocycles. The van der Waals surface area contributed by atoms with E-state index in [1.165, 1.54) is 23.4 Å². The number of hydrogen-bond donors (Lipinski definition) is 0. The minimum Gasteiger partial charge on any atom is -0.309 e. The van der Waals surface area contributed by atoms with E-state index >= 15 is 0 Å². The van der Waals surface area contributed by atoms with Crippen LogP contribution in [0, 0.1) is 5.82 Å². The van der Waals surface area contributed by atoms with Gasteiger partial charge in [-0.15, -0.1) is 10.2 Å². The van der Waals surface area contributed by atoms with Gasteiger partial charge in [0.25, 0.3) is 0 Å². The van der Waals surface area contributed by atoms with Gasteiger partial charge in [-0.3, -0.25) is 0 Å². The fourth-order valence-electron chi connectivity index (χ4n) is 2.40. The van der Waals surface area contributed by atoms with Crippen LogP contribution in [0.5, 0.6) is 0 Å². The van der Waals surface area contributed by atoms with Crippen LogP contribution < -0.4 is 0 Å². The van der Waals surface area contributed by atoms with Crippen LogP contribution in [0.4, 0.5) is 4.39 Å². The molecule has 0 spiro atoms. The summed E-state index contributed by atoms with van der Waals surface area (Å²) in [4.78, 5) is 0. The zero-order chi connectivity index (χ0) is 16.9. The Morgan fingerprint density at radius 3 is 2.58 bits per heavy atom. The molecule has 0 atom stereocenters. The Hall–Kier alpha value is -1.85. The summed E-state index contributed by atoms with van der Waals surface area (Å²) < 4.78 is 15.8. The van der Waals surface area contributed by atoms with Gasteiger partial charge < -0.3 is 4.57 Å². The topological polar surface area (TPSA) is 30.7 Å². The second kappa shape index (κ2) is 7.81. The average molecular weight is 362 g/mol. The van der Waals surface area contributed by atoms with Crippen molar-refractivity contribution in [2.75, 3.05) is 0 Å². The summed E-state index contributed by atoms with van der Waals surface area (Å²) in [6, 6.07) is 15.0. The molecule has 0 saturated heterocycles. The highest BCUT2D eigenvalue weighted by Gasteiger charge is 2.12. The first-order chi connectivity index (χ1) is 11.6. The summed E-state index contributed by atoms with van der Waals surface area (Å²) >= 11 is 7.50. The van der Waals surface area contributed by atoms with Crippen LogP contribution in [-0.4, -0.2) is 14.8 Å². The second-order valence-electron chi connectivity index (χ2n) is 5.43. The van der Waals surface area contributed by atoms with Crippen molar-refractivity contribution in [1.29, 1.82) is 0 Å². The molecule has 1 aromatic heterocycles. The van der Waals surface area contributed by atoms with Crippen molar-refractivity contribution >= 4 is 23.4 Å². The van der Waals surface area contributed by atoms with Crippen LogP contribution in [0.15, 0.2) is 53.7 Å². The third-order valence-electron chi connectivity index (χ3n) is 3.81. The van der Waals surface area contributed by atoms with E-state index < -0.39 is 0 Å². The predicted octanol–water partition coefficient (Wildman–Crippen LogP) is 4.69. The van der Waals surface area contributed by atoms with Crippen molar-refractivity contribution in [3.8, 4) is 0 Å². The lowest BCUT2D eigenvalue weighted by Crippen LogP contribution is -2.01. The Kier molecular flexibility index (Phi) is 5.53. The standard InChI is InChI=1S/C18H17ClFN3S/c1-23-17(11-10-13-6-3-2-4-7-13)21-22-18(23)24-12-14-15(19)8-5-9-16(14)20/h2-9H,10-12H2,1H3. The minimum absolute atomic E-state index is 0.290. The molecule has 3 nitrogen and oxygen atoms in total. The lowest BCUT2D eigenvalue weighted by molar-refractivity contribution is 0.617. The number of nitrogens with zero attached hydrogens (tertiary/aromatic N) is 3. The smallest absolute Gasteiger partial charge is 0.191 e. The number of aromatic nitrogens is 3. The van der Waals surface area contributed by atoms with E-state index in [-0.39, 0.29) is 5.82 Å². The highest BCUT2D eigenvalue weighted by Crippen LogP contribution is 2.27. The third-order valence-corrected chi connectivity index (χ3v) is 5.21. The van der Waals surface area contributed by atoms with Gasteiger partial charge in [0.1, 0.15) is 11.6 Å². The van der Waals surface area contributed by atoms with Crippen LogP contribution in [-0.2, 0) is 25.6 Å². The zero-order valence-electron chi connectivity index (χ0n) is 13.2. The minimum atomic E-state index is -0.290. The van der Waals surface area contributed by atoms with Crippen LogP contribution in [0.3, 0.4) is 0 Å². The van der Waals surface area contributed by atoms with E-state index in [9.17, 15) is 4.39 Å². The highest BCUT2D eigenvalue weighted by molar-refractivity contribution is 7.98. The molecule has 124 valence electrons.